The van der Waals surface area contributed by atoms with Crippen LogP contribution in [0.1, 0.15) is 36.3 Å². The highest BCUT2D eigenvalue weighted by atomic mass is 16.6. The molecule has 6 heteroatoms. The molecule has 28 heavy (non-hydrogen) atoms. The normalized spacial score (nSPS) is 21.5. The van der Waals surface area contributed by atoms with E-state index in [9.17, 15) is 14.9 Å². The highest BCUT2D eigenvalue weighted by Crippen LogP contribution is 2.44. The minimum atomic E-state index is -0.972. The maximum Gasteiger partial charge on any atom is 0.334 e. The number of nitro groups is 1. The van der Waals surface area contributed by atoms with Crippen molar-refractivity contribution >= 4 is 5.97 Å². The molecule has 0 radical (unpaired) electrons. The van der Waals surface area contributed by atoms with Crippen molar-refractivity contribution in [3.05, 3.63) is 87.5 Å². The molecule has 0 fully saturated rings. The Kier molecular flexibility index (Phi) is 6.09. The zero-order valence-corrected chi connectivity index (χ0v) is 15.9. The van der Waals surface area contributed by atoms with Crippen LogP contribution in [-0.4, -0.2) is 30.7 Å². The molecule has 3 rings (SSSR count). The van der Waals surface area contributed by atoms with E-state index in [1.54, 1.807) is 32.2 Å². The lowest BCUT2D eigenvalue weighted by Gasteiger charge is -2.32. The number of rotatable bonds is 6. The first-order valence-electron chi connectivity index (χ1n) is 9.26. The molecule has 0 saturated heterocycles. The van der Waals surface area contributed by atoms with Gasteiger partial charge in [0, 0.05) is 10.5 Å². The van der Waals surface area contributed by atoms with Crippen molar-refractivity contribution in [1.29, 1.82) is 0 Å². The summed E-state index contributed by atoms with van der Waals surface area (Å²) in [5, 5.41) is 12.2. The highest BCUT2D eigenvalue weighted by Gasteiger charge is 2.47. The fraction of sp³-hybridized carbons (Fsp3) is 0.318. The fourth-order valence-corrected chi connectivity index (χ4v) is 3.85. The Balaban J connectivity index is 2.08. The topological polar surface area (TPSA) is 78.7 Å². The van der Waals surface area contributed by atoms with E-state index in [1.807, 2.05) is 42.5 Å². The largest absolute Gasteiger partial charge is 0.497 e. The quantitative estimate of drug-likeness (QED) is 0.428. The number of hydrogen-bond donors (Lipinski definition) is 0. The number of nitrogens with zero attached hydrogens (tertiary/aromatic N) is 1. The third kappa shape index (κ3) is 3.91. The summed E-state index contributed by atoms with van der Waals surface area (Å²) in [7, 11) is 1.58. The van der Waals surface area contributed by atoms with E-state index in [4.69, 9.17) is 9.47 Å². The van der Waals surface area contributed by atoms with Crippen molar-refractivity contribution < 1.29 is 19.2 Å². The smallest absolute Gasteiger partial charge is 0.334 e. The molecule has 0 spiro atoms. The number of esters is 1. The molecule has 1 aliphatic rings. The number of benzene rings is 2. The van der Waals surface area contributed by atoms with E-state index in [-0.39, 0.29) is 17.4 Å². The maximum absolute atomic E-state index is 12.5. The van der Waals surface area contributed by atoms with Gasteiger partial charge in [-0.2, -0.15) is 0 Å². The average molecular weight is 381 g/mol. The summed E-state index contributed by atoms with van der Waals surface area (Å²) >= 11 is 0. The van der Waals surface area contributed by atoms with Crippen LogP contribution in [0.15, 0.2) is 66.2 Å². The lowest BCUT2D eigenvalue weighted by Crippen LogP contribution is -2.39. The summed E-state index contributed by atoms with van der Waals surface area (Å²) < 4.78 is 10.4. The molecule has 3 atom stereocenters. The second-order valence-corrected chi connectivity index (χ2v) is 6.66. The van der Waals surface area contributed by atoms with Gasteiger partial charge in [-0.3, -0.25) is 10.1 Å². The molecule has 0 aliphatic heterocycles. The minimum absolute atomic E-state index is 0.225. The molecule has 1 aliphatic carbocycles. The number of carbonyl (C=O) groups excluding carboxylic acids is 1. The van der Waals surface area contributed by atoms with Crippen LogP contribution in [0, 0.1) is 10.1 Å². The maximum atomic E-state index is 12.5. The average Bonchev–Trinajstić information content (AvgIpc) is 2.73. The van der Waals surface area contributed by atoms with E-state index in [0.29, 0.717) is 17.7 Å². The summed E-state index contributed by atoms with van der Waals surface area (Å²) in [6, 6.07) is 15.5. The van der Waals surface area contributed by atoms with Gasteiger partial charge in [0.15, 0.2) is 0 Å². The first kappa shape index (κ1) is 19.6. The molecule has 0 amide bonds. The molecule has 0 unspecified atom stereocenters. The molecule has 146 valence electrons. The molecule has 0 aromatic heterocycles. The highest BCUT2D eigenvalue weighted by molar-refractivity contribution is 5.90. The van der Waals surface area contributed by atoms with Crippen molar-refractivity contribution in [2.24, 2.45) is 0 Å². The van der Waals surface area contributed by atoms with E-state index < -0.39 is 17.9 Å². The van der Waals surface area contributed by atoms with Crippen LogP contribution in [0.3, 0.4) is 0 Å². The van der Waals surface area contributed by atoms with E-state index in [0.717, 1.165) is 11.1 Å². The van der Waals surface area contributed by atoms with Crippen molar-refractivity contribution in [2.45, 2.75) is 31.2 Å². The Morgan fingerprint density at radius 2 is 1.79 bits per heavy atom. The number of carbonyl (C=O) groups is 1. The van der Waals surface area contributed by atoms with Crippen LogP contribution in [0.2, 0.25) is 0 Å². The second-order valence-electron chi connectivity index (χ2n) is 6.66. The van der Waals surface area contributed by atoms with Crippen LogP contribution < -0.4 is 4.74 Å². The number of allylic oxidation sites excluding steroid dienone is 1. The van der Waals surface area contributed by atoms with Crippen molar-refractivity contribution in [2.75, 3.05) is 13.7 Å². The van der Waals surface area contributed by atoms with E-state index in [2.05, 4.69) is 0 Å². The summed E-state index contributed by atoms with van der Waals surface area (Å²) in [5.74, 6) is -0.823. The Morgan fingerprint density at radius 1 is 1.11 bits per heavy atom. The zero-order valence-electron chi connectivity index (χ0n) is 15.9. The van der Waals surface area contributed by atoms with Gasteiger partial charge in [0.2, 0.25) is 6.04 Å². The molecule has 0 N–H and O–H groups in total. The SMILES string of the molecule is CCOC(=O)C1=CC[C@@H](c2ccc(OC)cc2)[C@@H]([N+](=O)[O-])[C@H]1c1ccccc1. The Hall–Kier alpha value is -3.15. The molecule has 0 bridgehead atoms. The van der Waals surface area contributed by atoms with Gasteiger partial charge in [-0.05, 0) is 36.6 Å². The van der Waals surface area contributed by atoms with Crippen LogP contribution in [0.25, 0.3) is 0 Å². The van der Waals surface area contributed by atoms with Gasteiger partial charge in [-0.1, -0.05) is 48.5 Å². The third-order valence-electron chi connectivity index (χ3n) is 5.14. The van der Waals surface area contributed by atoms with E-state index >= 15 is 0 Å². The first-order chi connectivity index (χ1) is 13.6. The molecule has 0 saturated carbocycles. The molecular formula is C22H23NO5. The summed E-state index contributed by atoms with van der Waals surface area (Å²) in [6.45, 7) is 1.95. The van der Waals surface area contributed by atoms with Crippen LogP contribution in [0.5, 0.6) is 5.75 Å². The predicted octanol–water partition coefficient (Wildman–Crippen LogP) is 4.10. The van der Waals surface area contributed by atoms with Crippen LogP contribution in [0.4, 0.5) is 0 Å². The third-order valence-corrected chi connectivity index (χ3v) is 5.14. The van der Waals surface area contributed by atoms with Gasteiger partial charge >= 0.3 is 5.97 Å². The molecule has 2 aromatic rings. The van der Waals surface area contributed by atoms with Crippen LogP contribution in [-0.2, 0) is 9.53 Å². The van der Waals surface area contributed by atoms with Gasteiger partial charge in [0.1, 0.15) is 5.75 Å². The minimum Gasteiger partial charge on any atom is -0.497 e. The summed E-state index contributed by atoms with van der Waals surface area (Å²) in [5.41, 5.74) is 1.95. The van der Waals surface area contributed by atoms with E-state index in [1.165, 1.54) is 0 Å². The number of methoxy groups -OCH3 is 1. The Bertz CT molecular complexity index is 860. The van der Waals surface area contributed by atoms with Gasteiger partial charge in [0.05, 0.1) is 25.6 Å². The van der Waals surface area contributed by atoms with Gasteiger partial charge in [-0.15, -0.1) is 0 Å². The standard InChI is InChI=1S/C22H23NO5/c1-3-28-22(24)19-14-13-18(15-9-11-17(27-2)12-10-15)21(23(25)26)20(19)16-7-5-4-6-8-16/h4-12,14,18,20-21H,3,13H2,1-2H3/t18-,20-,21+/m0/s1. The van der Waals surface area contributed by atoms with Gasteiger partial charge in [-0.25, -0.2) is 4.79 Å². The van der Waals surface area contributed by atoms with Crippen LogP contribution >= 0.6 is 0 Å². The number of hydrogen-bond acceptors (Lipinski definition) is 5. The number of ether oxygens (including phenoxy) is 2. The summed E-state index contributed by atoms with van der Waals surface area (Å²) in [6.07, 6.45) is 2.19. The zero-order chi connectivity index (χ0) is 20.1. The van der Waals surface area contributed by atoms with Gasteiger partial charge in [0.25, 0.3) is 0 Å². The second kappa shape index (κ2) is 8.69. The van der Waals surface area contributed by atoms with Crippen molar-refractivity contribution in [3.63, 3.8) is 0 Å². The lowest BCUT2D eigenvalue weighted by atomic mass is 9.71. The van der Waals surface area contributed by atoms with Crippen molar-refractivity contribution in [1.82, 2.24) is 0 Å². The lowest BCUT2D eigenvalue weighted by molar-refractivity contribution is -0.530. The predicted molar refractivity (Wildman–Crippen MR) is 105 cm³/mol. The molecule has 6 nitrogen and oxygen atoms in total. The molecule has 0 heterocycles. The van der Waals surface area contributed by atoms with Gasteiger partial charge < -0.3 is 9.47 Å². The first-order valence-corrected chi connectivity index (χ1v) is 9.26. The Labute approximate surface area is 163 Å². The van der Waals surface area contributed by atoms with Crippen molar-refractivity contribution in [3.8, 4) is 5.75 Å². The Morgan fingerprint density at radius 3 is 2.36 bits per heavy atom. The molecular weight excluding hydrogens is 358 g/mol. The summed E-state index contributed by atoms with van der Waals surface area (Å²) in [4.78, 5) is 24.5. The monoisotopic (exact) mass is 381 g/mol. The fourth-order valence-electron chi connectivity index (χ4n) is 3.85. The molecule has 2 aromatic carbocycles.